The summed E-state index contributed by atoms with van der Waals surface area (Å²) in [5, 5.41) is 4.02. The topological polar surface area (TPSA) is 30.5 Å². The number of benzene rings is 3. The van der Waals surface area contributed by atoms with Crippen LogP contribution in [-0.4, -0.2) is 6.61 Å². The second-order valence-electron chi connectivity index (χ2n) is 6.24. The Labute approximate surface area is 196 Å². The van der Waals surface area contributed by atoms with Gasteiger partial charge in [0.15, 0.2) is 11.5 Å². The summed E-state index contributed by atoms with van der Waals surface area (Å²) in [5.74, 6) is 1.05. The SMILES string of the molecule is CCOc1cc(CNc2ccc(Br)c(Cl)c2)cc(I)c1OCc1cccc(F)c1. The summed E-state index contributed by atoms with van der Waals surface area (Å²) in [4.78, 5) is 0. The molecular formula is C22H19BrClFINO2. The van der Waals surface area contributed by atoms with Crippen molar-refractivity contribution in [1.82, 2.24) is 0 Å². The highest BCUT2D eigenvalue weighted by atomic mass is 127. The van der Waals surface area contributed by atoms with Crippen LogP contribution in [0.5, 0.6) is 11.5 Å². The van der Waals surface area contributed by atoms with E-state index in [1.807, 2.05) is 43.3 Å². The van der Waals surface area contributed by atoms with E-state index in [-0.39, 0.29) is 12.4 Å². The highest BCUT2D eigenvalue weighted by molar-refractivity contribution is 14.1. The minimum Gasteiger partial charge on any atom is -0.490 e. The van der Waals surface area contributed by atoms with E-state index < -0.39 is 0 Å². The number of anilines is 1. The zero-order valence-electron chi connectivity index (χ0n) is 15.6. The predicted octanol–water partition coefficient (Wildman–Crippen LogP) is 7.44. The first-order chi connectivity index (χ1) is 14.0. The van der Waals surface area contributed by atoms with Crippen molar-refractivity contribution in [2.45, 2.75) is 20.1 Å². The molecule has 3 nitrogen and oxygen atoms in total. The Morgan fingerprint density at radius 1 is 1.07 bits per heavy atom. The van der Waals surface area contributed by atoms with Crippen LogP contribution >= 0.6 is 50.1 Å². The molecule has 0 aliphatic rings. The molecule has 0 saturated heterocycles. The van der Waals surface area contributed by atoms with Gasteiger partial charge < -0.3 is 14.8 Å². The third kappa shape index (κ3) is 6.23. The molecule has 152 valence electrons. The van der Waals surface area contributed by atoms with Gasteiger partial charge in [0.25, 0.3) is 0 Å². The first-order valence-corrected chi connectivity index (χ1v) is 11.2. The molecule has 0 aromatic heterocycles. The molecule has 0 unspecified atom stereocenters. The highest BCUT2D eigenvalue weighted by Gasteiger charge is 2.13. The molecule has 0 fully saturated rings. The van der Waals surface area contributed by atoms with E-state index in [1.165, 1.54) is 12.1 Å². The smallest absolute Gasteiger partial charge is 0.174 e. The van der Waals surface area contributed by atoms with Crippen molar-refractivity contribution in [2.75, 3.05) is 11.9 Å². The fraction of sp³-hybridized carbons (Fsp3) is 0.182. The number of hydrogen-bond donors (Lipinski definition) is 1. The first-order valence-electron chi connectivity index (χ1n) is 8.97. The summed E-state index contributed by atoms with van der Waals surface area (Å²) >= 11 is 11.8. The first kappa shape index (κ1) is 22.2. The Bertz CT molecular complexity index is 1000. The number of nitrogens with one attached hydrogen (secondary N) is 1. The Morgan fingerprint density at radius 2 is 1.90 bits per heavy atom. The van der Waals surface area contributed by atoms with Crippen LogP contribution in [0.25, 0.3) is 0 Å². The standard InChI is InChI=1S/C22H19BrClFINO2/c1-2-28-21-10-15(12-27-17-6-7-18(23)19(24)11-17)9-20(26)22(21)29-13-14-4-3-5-16(25)8-14/h3-11,27H,2,12-13H2,1H3. The molecule has 0 atom stereocenters. The Balaban J connectivity index is 1.75. The molecule has 0 aliphatic heterocycles. The van der Waals surface area contributed by atoms with Crippen molar-refractivity contribution >= 4 is 55.8 Å². The predicted molar refractivity (Wildman–Crippen MR) is 128 cm³/mol. The normalized spacial score (nSPS) is 10.7. The van der Waals surface area contributed by atoms with Gasteiger partial charge in [-0.1, -0.05) is 23.7 Å². The zero-order chi connectivity index (χ0) is 20.8. The van der Waals surface area contributed by atoms with Gasteiger partial charge in [-0.3, -0.25) is 0 Å². The maximum Gasteiger partial charge on any atom is 0.174 e. The summed E-state index contributed by atoms with van der Waals surface area (Å²) in [6.45, 7) is 3.32. The minimum atomic E-state index is -0.278. The van der Waals surface area contributed by atoms with Crippen LogP contribution in [0.4, 0.5) is 10.1 Å². The minimum absolute atomic E-state index is 0.267. The van der Waals surface area contributed by atoms with Crippen LogP contribution in [0.3, 0.4) is 0 Å². The number of halogens is 4. The third-order valence-electron chi connectivity index (χ3n) is 4.06. The van der Waals surface area contributed by atoms with Crippen molar-refractivity contribution in [2.24, 2.45) is 0 Å². The Kier molecular flexibility index (Phi) is 8.03. The third-order valence-corrected chi connectivity index (χ3v) is 6.09. The highest BCUT2D eigenvalue weighted by Crippen LogP contribution is 2.35. The van der Waals surface area contributed by atoms with Gasteiger partial charge in [-0.05, 0) is 99.0 Å². The van der Waals surface area contributed by atoms with Gasteiger partial charge in [0.1, 0.15) is 12.4 Å². The lowest BCUT2D eigenvalue weighted by Crippen LogP contribution is -2.05. The molecule has 7 heteroatoms. The molecule has 3 rings (SSSR count). The largest absolute Gasteiger partial charge is 0.490 e. The van der Waals surface area contributed by atoms with Crippen molar-refractivity contribution in [3.63, 3.8) is 0 Å². The van der Waals surface area contributed by atoms with Crippen molar-refractivity contribution in [1.29, 1.82) is 0 Å². The maximum absolute atomic E-state index is 13.4. The van der Waals surface area contributed by atoms with E-state index in [4.69, 9.17) is 21.1 Å². The zero-order valence-corrected chi connectivity index (χ0v) is 20.1. The summed E-state index contributed by atoms with van der Waals surface area (Å²) < 4.78 is 26.9. The molecule has 0 spiro atoms. The molecule has 3 aromatic carbocycles. The van der Waals surface area contributed by atoms with E-state index in [0.717, 1.165) is 24.9 Å². The van der Waals surface area contributed by atoms with E-state index in [1.54, 1.807) is 6.07 Å². The number of hydrogen-bond acceptors (Lipinski definition) is 3. The average molecular weight is 591 g/mol. The summed E-state index contributed by atoms with van der Waals surface area (Å²) in [7, 11) is 0. The molecule has 1 N–H and O–H groups in total. The average Bonchev–Trinajstić information content (AvgIpc) is 2.68. The number of rotatable bonds is 8. The fourth-order valence-corrected chi connectivity index (χ4v) is 3.97. The van der Waals surface area contributed by atoms with Crippen molar-refractivity contribution < 1.29 is 13.9 Å². The van der Waals surface area contributed by atoms with Gasteiger partial charge in [-0.2, -0.15) is 0 Å². The fourth-order valence-electron chi connectivity index (χ4n) is 2.72. The van der Waals surface area contributed by atoms with E-state index >= 15 is 0 Å². The second kappa shape index (κ2) is 10.5. The van der Waals surface area contributed by atoms with E-state index in [9.17, 15) is 4.39 Å². The molecule has 0 aliphatic carbocycles. The molecular weight excluding hydrogens is 572 g/mol. The second-order valence-corrected chi connectivity index (χ2v) is 8.66. The molecule has 0 heterocycles. The molecule has 0 saturated carbocycles. The summed E-state index contributed by atoms with van der Waals surface area (Å²) in [5.41, 5.74) is 2.74. The van der Waals surface area contributed by atoms with Crippen LogP contribution in [0.1, 0.15) is 18.1 Å². The molecule has 29 heavy (non-hydrogen) atoms. The van der Waals surface area contributed by atoms with Gasteiger partial charge in [0, 0.05) is 16.7 Å². The lowest BCUT2D eigenvalue weighted by atomic mass is 10.2. The van der Waals surface area contributed by atoms with Crippen LogP contribution < -0.4 is 14.8 Å². The number of ether oxygens (including phenoxy) is 2. The summed E-state index contributed by atoms with van der Waals surface area (Å²) in [6, 6.07) is 16.1. The molecule has 0 radical (unpaired) electrons. The lowest BCUT2D eigenvalue weighted by molar-refractivity contribution is 0.267. The van der Waals surface area contributed by atoms with Gasteiger partial charge in [-0.25, -0.2) is 4.39 Å². The maximum atomic E-state index is 13.4. The van der Waals surface area contributed by atoms with E-state index in [2.05, 4.69) is 43.8 Å². The quantitative estimate of drug-likeness (QED) is 0.277. The van der Waals surface area contributed by atoms with Crippen molar-refractivity contribution in [3.8, 4) is 11.5 Å². The van der Waals surface area contributed by atoms with Crippen LogP contribution in [0, 0.1) is 9.39 Å². The Morgan fingerprint density at radius 3 is 2.62 bits per heavy atom. The van der Waals surface area contributed by atoms with Gasteiger partial charge in [0.05, 0.1) is 15.2 Å². The van der Waals surface area contributed by atoms with Crippen molar-refractivity contribution in [3.05, 3.63) is 84.6 Å². The molecule has 0 bridgehead atoms. The van der Waals surface area contributed by atoms with E-state index in [0.29, 0.717) is 29.7 Å². The van der Waals surface area contributed by atoms with Gasteiger partial charge in [-0.15, -0.1) is 0 Å². The van der Waals surface area contributed by atoms with Crippen LogP contribution in [-0.2, 0) is 13.2 Å². The van der Waals surface area contributed by atoms with Gasteiger partial charge in [0.2, 0.25) is 0 Å². The van der Waals surface area contributed by atoms with Gasteiger partial charge >= 0.3 is 0 Å². The summed E-state index contributed by atoms with van der Waals surface area (Å²) in [6.07, 6.45) is 0. The Hall–Kier alpha value is -1.51. The van der Waals surface area contributed by atoms with Crippen LogP contribution in [0.2, 0.25) is 5.02 Å². The molecule has 3 aromatic rings. The van der Waals surface area contributed by atoms with Crippen LogP contribution in [0.15, 0.2) is 59.1 Å². The lowest BCUT2D eigenvalue weighted by Gasteiger charge is -2.16. The molecule has 0 amide bonds. The monoisotopic (exact) mass is 589 g/mol.